The normalized spacial score (nSPS) is 27.0. The lowest BCUT2D eigenvalue weighted by Gasteiger charge is -2.39. The summed E-state index contributed by atoms with van der Waals surface area (Å²) < 4.78 is 5.96. The van der Waals surface area contributed by atoms with Gasteiger partial charge in [-0.1, -0.05) is 30.3 Å². The highest BCUT2D eigenvalue weighted by Crippen LogP contribution is 2.35. The molecule has 24 heavy (non-hydrogen) atoms. The van der Waals surface area contributed by atoms with E-state index in [-0.39, 0.29) is 5.60 Å². The topological polar surface area (TPSA) is 32.8 Å². The molecule has 130 valence electrons. The van der Waals surface area contributed by atoms with E-state index < -0.39 is 0 Å². The van der Waals surface area contributed by atoms with E-state index in [1.165, 1.54) is 18.4 Å². The number of carbonyl (C=O) groups is 1. The van der Waals surface area contributed by atoms with E-state index in [1.54, 1.807) is 0 Å². The summed E-state index contributed by atoms with van der Waals surface area (Å²) in [5.74, 6) is 0.882. The van der Waals surface area contributed by atoms with Crippen molar-refractivity contribution in [3.8, 4) is 0 Å². The van der Waals surface area contributed by atoms with Gasteiger partial charge in [-0.3, -0.25) is 9.69 Å². The second-order valence-corrected chi connectivity index (χ2v) is 7.65. The van der Waals surface area contributed by atoms with Gasteiger partial charge in [-0.15, -0.1) is 0 Å². The molecule has 0 aliphatic carbocycles. The van der Waals surface area contributed by atoms with Crippen molar-refractivity contribution in [2.45, 2.75) is 43.6 Å². The van der Waals surface area contributed by atoms with Crippen molar-refractivity contribution in [1.29, 1.82) is 0 Å². The number of likely N-dealkylation sites (tertiary alicyclic amines) is 2. The highest BCUT2D eigenvalue weighted by Gasteiger charge is 2.39. The Morgan fingerprint density at radius 2 is 1.92 bits per heavy atom. The zero-order valence-electron chi connectivity index (χ0n) is 14.5. The molecule has 1 aromatic carbocycles. The zero-order valence-corrected chi connectivity index (χ0v) is 14.5. The van der Waals surface area contributed by atoms with Crippen LogP contribution >= 0.6 is 0 Å². The number of nitrogens with zero attached hydrogens (tertiary/aromatic N) is 2. The van der Waals surface area contributed by atoms with Gasteiger partial charge in [-0.2, -0.15) is 0 Å². The van der Waals surface area contributed by atoms with Crippen LogP contribution in [0, 0.1) is 0 Å². The summed E-state index contributed by atoms with van der Waals surface area (Å²) in [4.78, 5) is 17.0. The quantitative estimate of drug-likeness (QED) is 0.855. The van der Waals surface area contributed by atoms with Gasteiger partial charge in [0.05, 0.1) is 12.1 Å². The summed E-state index contributed by atoms with van der Waals surface area (Å²) >= 11 is 0. The van der Waals surface area contributed by atoms with Gasteiger partial charge in [-0.05, 0) is 50.1 Å². The molecule has 0 radical (unpaired) electrons. The Hall–Kier alpha value is -1.39. The van der Waals surface area contributed by atoms with Crippen LogP contribution in [0.25, 0.3) is 0 Å². The number of benzene rings is 1. The molecule has 4 nitrogen and oxygen atoms in total. The van der Waals surface area contributed by atoms with Crippen LogP contribution in [0.5, 0.6) is 0 Å². The summed E-state index contributed by atoms with van der Waals surface area (Å²) in [6.45, 7) is 5.27. The highest BCUT2D eigenvalue weighted by molar-refractivity contribution is 5.78. The fourth-order valence-corrected chi connectivity index (χ4v) is 4.58. The minimum Gasteiger partial charge on any atom is -0.375 e. The van der Waals surface area contributed by atoms with E-state index in [4.69, 9.17) is 4.74 Å². The highest BCUT2D eigenvalue weighted by atomic mass is 16.5. The van der Waals surface area contributed by atoms with E-state index >= 15 is 0 Å². The number of carbonyl (C=O) groups excluding carboxylic acids is 1. The third kappa shape index (κ3) is 3.35. The molecule has 4 heteroatoms. The molecule has 3 aliphatic rings. The first-order valence-corrected chi connectivity index (χ1v) is 9.43. The lowest BCUT2D eigenvalue weighted by atomic mass is 9.88. The lowest BCUT2D eigenvalue weighted by Crippen LogP contribution is -2.48. The summed E-state index contributed by atoms with van der Waals surface area (Å²) in [5, 5.41) is 0. The minimum atomic E-state index is 0.100. The van der Waals surface area contributed by atoms with Crippen molar-refractivity contribution in [3.63, 3.8) is 0 Å². The molecule has 1 spiro atoms. The predicted molar refractivity (Wildman–Crippen MR) is 94.0 cm³/mol. The summed E-state index contributed by atoms with van der Waals surface area (Å²) in [6.07, 6.45) is 5.56. The standard InChI is InChI=1S/C20H28N2O2/c23-19(22-12-9-20(10-13-22)8-4-14-24-20)16-21-11-7-18(15-21)17-5-2-1-3-6-17/h1-3,5-6,18H,4,7-16H2. The van der Waals surface area contributed by atoms with Crippen LogP contribution in [0.3, 0.4) is 0 Å². The maximum Gasteiger partial charge on any atom is 0.236 e. The van der Waals surface area contributed by atoms with Crippen LogP contribution in [0.15, 0.2) is 30.3 Å². The second kappa shape index (κ2) is 6.85. The van der Waals surface area contributed by atoms with Gasteiger partial charge in [0.2, 0.25) is 5.91 Å². The van der Waals surface area contributed by atoms with Crippen molar-refractivity contribution in [2.24, 2.45) is 0 Å². The number of hydrogen-bond donors (Lipinski definition) is 0. The Morgan fingerprint density at radius 3 is 2.62 bits per heavy atom. The third-order valence-corrected chi connectivity index (χ3v) is 6.11. The van der Waals surface area contributed by atoms with Crippen molar-refractivity contribution in [1.82, 2.24) is 9.80 Å². The van der Waals surface area contributed by atoms with E-state index in [1.807, 2.05) is 0 Å². The number of ether oxygens (including phenoxy) is 1. The Kier molecular flexibility index (Phi) is 4.59. The summed E-state index contributed by atoms with van der Waals surface area (Å²) in [7, 11) is 0. The molecule has 1 atom stereocenters. The van der Waals surface area contributed by atoms with Crippen LogP contribution in [0.1, 0.15) is 43.6 Å². The Bertz CT molecular complexity index is 558. The van der Waals surface area contributed by atoms with Crippen molar-refractivity contribution in [2.75, 3.05) is 39.3 Å². The molecular weight excluding hydrogens is 300 g/mol. The first-order valence-electron chi connectivity index (χ1n) is 9.43. The Balaban J connectivity index is 1.27. The molecule has 0 aromatic heterocycles. The van der Waals surface area contributed by atoms with Crippen LogP contribution < -0.4 is 0 Å². The maximum atomic E-state index is 12.6. The molecule has 1 aromatic rings. The van der Waals surface area contributed by atoms with Gasteiger partial charge >= 0.3 is 0 Å². The average Bonchev–Trinajstić information content (AvgIpc) is 3.26. The number of rotatable bonds is 3. The molecule has 0 N–H and O–H groups in total. The Labute approximate surface area is 144 Å². The Morgan fingerprint density at radius 1 is 1.12 bits per heavy atom. The fourth-order valence-electron chi connectivity index (χ4n) is 4.58. The number of hydrogen-bond acceptors (Lipinski definition) is 3. The monoisotopic (exact) mass is 328 g/mol. The minimum absolute atomic E-state index is 0.100. The lowest BCUT2D eigenvalue weighted by molar-refractivity contribution is -0.137. The van der Waals surface area contributed by atoms with Crippen molar-refractivity contribution >= 4 is 5.91 Å². The second-order valence-electron chi connectivity index (χ2n) is 7.65. The largest absolute Gasteiger partial charge is 0.375 e. The van der Waals surface area contributed by atoms with Gasteiger partial charge < -0.3 is 9.64 Å². The number of amides is 1. The molecule has 1 unspecified atom stereocenters. The molecule has 3 heterocycles. The average molecular weight is 328 g/mol. The van der Waals surface area contributed by atoms with Gasteiger partial charge in [0.15, 0.2) is 0 Å². The maximum absolute atomic E-state index is 12.6. The van der Waals surface area contributed by atoms with Crippen LogP contribution in [-0.2, 0) is 9.53 Å². The van der Waals surface area contributed by atoms with E-state index in [0.717, 1.165) is 52.0 Å². The van der Waals surface area contributed by atoms with Gasteiger partial charge in [0, 0.05) is 26.2 Å². The van der Waals surface area contributed by atoms with Crippen molar-refractivity contribution < 1.29 is 9.53 Å². The van der Waals surface area contributed by atoms with Crippen LogP contribution in [-0.4, -0.2) is 60.6 Å². The van der Waals surface area contributed by atoms with E-state index in [2.05, 4.69) is 40.1 Å². The van der Waals surface area contributed by atoms with E-state index in [9.17, 15) is 4.79 Å². The van der Waals surface area contributed by atoms with E-state index in [0.29, 0.717) is 18.4 Å². The van der Waals surface area contributed by atoms with Gasteiger partial charge in [0.1, 0.15) is 0 Å². The molecule has 4 rings (SSSR count). The molecular formula is C20H28N2O2. The van der Waals surface area contributed by atoms with Gasteiger partial charge in [-0.25, -0.2) is 0 Å². The molecule has 1 amide bonds. The molecule has 3 fully saturated rings. The smallest absolute Gasteiger partial charge is 0.236 e. The number of piperidine rings is 1. The van der Waals surface area contributed by atoms with Crippen LogP contribution in [0.4, 0.5) is 0 Å². The molecule has 3 aliphatic heterocycles. The third-order valence-electron chi connectivity index (χ3n) is 6.11. The molecule has 0 saturated carbocycles. The zero-order chi connectivity index (χ0) is 16.4. The summed E-state index contributed by atoms with van der Waals surface area (Å²) in [5.41, 5.74) is 1.51. The molecule has 3 saturated heterocycles. The van der Waals surface area contributed by atoms with Gasteiger partial charge in [0.25, 0.3) is 0 Å². The first kappa shape index (κ1) is 16.1. The summed E-state index contributed by atoms with van der Waals surface area (Å²) in [6, 6.07) is 10.7. The predicted octanol–water partition coefficient (Wildman–Crippen LogP) is 2.65. The van der Waals surface area contributed by atoms with Crippen LogP contribution in [0.2, 0.25) is 0 Å². The molecule has 0 bridgehead atoms. The van der Waals surface area contributed by atoms with Crippen molar-refractivity contribution in [3.05, 3.63) is 35.9 Å². The SMILES string of the molecule is O=C(CN1CCC(c2ccccc2)C1)N1CCC2(CCCO2)CC1. The fraction of sp³-hybridized carbons (Fsp3) is 0.650. The first-order chi connectivity index (χ1) is 11.7.